The van der Waals surface area contributed by atoms with Crippen LogP contribution < -0.4 is 15.4 Å². The summed E-state index contributed by atoms with van der Waals surface area (Å²) in [4.78, 5) is 6.64. The van der Waals surface area contributed by atoms with Crippen LogP contribution in [0, 0.1) is 0 Å². The first-order chi connectivity index (χ1) is 12.4. The van der Waals surface area contributed by atoms with E-state index in [0.29, 0.717) is 25.1 Å². The average Bonchev–Trinajstić information content (AvgIpc) is 2.60. The van der Waals surface area contributed by atoms with Crippen LogP contribution in [-0.2, 0) is 16.6 Å². The zero-order chi connectivity index (χ0) is 19.0. The van der Waals surface area contributed by atoms with E-state index in [-0.39, 0.29) is 24.0 Å². The Bertz CT molecular complexity index is 692. The molecule has 27 heavy (non-hydrogen) atoms. The lowest BCUT2D eigenvalue weighted by atomic mass is 10.0. The Morgan fingerprint density at radius 2 is 1.85 bits per heavy atom. The summed E-state index contributed by atoms with van der Waals surface area (Å²) >= 11 is 5.93. The number of halogens is 2. The predicted octanol–water partition coefficient (Wildman–Crippen LogP) is 1.64. The number of guanidine groups is 1. The molecule has 0 bridgehead atoms. The highest BCUT2D eigenvalue weighted by atomic mass is 127. The number of aliphatic imine (C=N–C) groups is 1. The minimum Gasteiger partial charge on any atom is -0.355 e. The molecule has 1 saturated heterocycles. The van der Waals surface area contributed by atoms with E-state index in [1.54, 1.807) is 7.05 Å². The number of nitrogens with one attached hydrogen (secondary N) is 3. The van der Waals surface area contributed by atoms with Gasteiger partial charge in [-0.05, 0) is 30.5 Å². The lowest BCUT2D eigenvalue weighted by molar-refractivity contribution is 0.198. The summed E-state index contributed by atoms with van der Waals surface area (Å²) in [6.07, 6.45) is 3.23. The minimum absolute atomic E-state index is 0. The van der Waals surface area contributed by atoms with E-state index in [0.717, 1.165) is 43.8 Å². The first-order valence-corrected chi connectivity index (χ1v) is 11.0. The molecule has 1 aliphatic rings. The Balaban J connectivity index is 0.00000364. The van der Waals surface area contributed by atoms with Gasteiger partial charge in [0.1, 0.15) is 0 Å². The highest BCUT2D eigenvalue weighted by Gasteiger charge is 2.20. The second kappa shape index (κ2) is 12.1. The molecule has 0 saturated carbocycles. The standard InChI is InChI=1S/C17H28ClN5O2S.HI/c1-19-17(20-9-10-21-26(2,24)25)22-16-7-11-23(12-8-16)13-14-3-5-15(18)6-4-14;/h3-6,16,21H,7-13H2,1-2H3,(H2,19,20,22);1H. The number of benzene rings is 1. The molecule has 1 aliphatic heterocycles. The van der Waals surface area contributed by atoms with E-state index < -0.39 is 10.0 Å². The fraction of sp³-hybridized carbons (Fsp3) is 0.588. The first kappa shape index (κ1) is 24.4. The number of hydrogen-bond donors (Lipinski definition) is 3. The molecule has 10 heteroatoms. The predicted molar refractivity (Wildman–Crippen MR) is 123 cm³/mol. The number of rotatable bonds is 7. The summed E-state index contributed by atoms with van der Waals surface area (Å²) in [5.41, 5.74) is 1.27. The topological polar surface area (TPSA) is 85.8 Å². The Labute approximate surface area is 184 Å². The third kappa shape index (κ3) is 9.93. The highest BCUT2D eigenvalue weighted by molar-refractivity contribution is 14.0. The van der Waals surface area contributed by atoms with Crippen molar-refractivity contribution in [1.29, 1.82) is 0 Å². The maximum absolute atomic E-state index is 11.0. The molecular formula is C17H29ClIN5O2S. The third-order valence-electron chi connectivity index (χ3n) is 4.25. The molecule has 1 heterocycles. The average molecular weight is 530 g/mol. The van der Waals surface area contributed by atoms with Crippen LogP contribution in [0.3, 0.4) is 0 Å². The minimum atomic E-state index is -3.15. The van der Waals surface area contributed by atoms with Crippen molar-refractivity contribution in [3.8, 4) is 0 Å². The van der Waals surface area contributed by atoms with E-state index in [2.05, 4.69) is 37.4 Å². The summed E-state index contributed by atoms with van der Waals surface area (Å²) in [6.45, 7) is 3.80. The van der Waals surface area contributed by atoms with Gasteiger partial charge in [0.05, 0.1) is 6.26 Å². The van der Waals surface area contributed by atoms with Crippen molar-refractivity contribution >= 4 is 51.6 Å². The van der Waals surface area contributed by atoms with E-state index in [1.165, 1.54) is 5.56 Å². The van der Waals surface area contributed by atoms with Crippen LogP contribution in [0.15, 0.2) is 29.3 Å². The summed E-state index contributed by atoms with van der Waals surface area (Å²) < 4.78 is 24.5. The number of nitrogens with zero attached hydrogens (tertiary/aromatic N) is 2. The molecule has 0 unspecified atom stereocenters. The van der Waals surface area contributed by atoms with E-state index >= 15 is 0 Å². The van der Waals surface area contributed by atoms with Crippen molar-refractivity contribution in [2.75, 3.05) is 39.5 Å². The van der Waals surface area contributed by atoms with Gasteiger partial charge >= 0.3 is 0 Å². The van der Waals surface area contributed by atoms with Crippen LogP contribution in [0.4, 0.5) is 0 Å². The Hall–Kier alpha value is -0.620. The monoisotopic (exact) mass is 529 g/mol. The number of sulfonamides is 1. The lowest BCUT2D eigenvalue weighted by Gasteiger charge is -2.33. The summed E-state index contributed by atoms with van der Waals surface area (Å²) in [7, 11) is -1.44. The van der Waals surface area contributed by atoms with Crippen molar-refractivity contribution in [2.24, 2.45) is 4.99 Å². The number of likely N-dealkylation sites (tertiary alicyclic amines) is 1. The first-order valence-electron chi connectivity index (χ1n) is 8.74. The van der Waals surface area contributed by atoms with Crippen LogP contribution in [0.2, 0.25) is 5.02 Å². The van der Waals surface area contributed by atoms with Gasteiger partial charge in [0.15, 0.2) is 5.96 Å². The van der Waals surface area contributed by atoms with Crippen molar-refractivity contribution in [3.05, 3.63) is 34.9 Å². The molecule has 0 amide bonds. The van der Waals surface area contributed by atoms with Gasteiger partial charge in [-0.1, -0.05) is 23.7 Å². The van der Waals surface area contributed by atoms with Gasteiger partial charge in [-0.25, -0.2) is 13.1 Å². The van der Waals surface area contributed by atoms with Gasteiger partial charge < -0.3 is 10.6 Å². The van der Waals surface area contributed by atoms with E-state index in [9.17, 15) is 8.42 Å². The van der Waals surface area contributed by atoms with Crippen molar-refractivity contribution in [1.82, 2.24) is 20.3 Å². The number of piperidine rings is 1. The van der Waals surface area contributed by atoms with Crippen LogP contribution in [0.1, 0.15) is 18.4 Å². The second-order valence-electron chi connectivity index (χ2n) is 6.49. The molecule has 3 N–H and O–H groups in total. The molecule has 0 aromatic heterocycles. The van der Waals surface area contributed by atoms with Crippen LogP contribution in [0.5, 0.6) is 0 Å². The zero-order valence-electron chi connectivity index (χ0n) is 15.7. The van der Waals surface area contributed by atoms with Crippen LogP contribution >= 0.6 is 35.6 Å². The molecule has 154 valence electrons. The SMILES string of the molecule is CN=C(NCCNS(C)(=O)=O)NC1CCN(Cc2ccc(Cl)cc2)CC1.I. The smallest absolute Gasteiger partial charge is 0.208 e. The molecule has 1 aromatic rings. The molecule has 7 nitrogen and oxygen atoms in total. The summed E-state index contributed by atoms with van der Waals surface area (Å²) in [6, 6.07) is 8.37. The normalized spacial score (nSPS) is 16.6. The van der Waals surface area contributed by atoms with Crippen molar-refractivity contribution in [2.45, 2.75) is 25.4 Å². The highest BCUT2D eigenvalue weighted by Crippen LogP contribution is 2.15. The van der Waals surface area contributed by atoms with Gasteiger partial charge in [-0.3, -0.25) is 9.89 Å². The lowest BCUT2D eigenvalue weighted by Crippen LogP contribution is -2.49. The third-order valence-corrected chi connectivity index (χ3v) is 5.23. The maximum atomic E-state index is 11.0. The van der Waals surface area contributed by atoms with Crippen molar-refractivity contribution < 1.29 is 8.42 Å². The van der Waals surface area contributed by atoms with Crippen LogP contribution in [-0.4, -0.2) is 64.8 Å². The van der Waals surface area contributed by atoms with Gasteiger partial charge in [-0.2, -0.15) is 0 Å². The van der Waals surface area contributed by atoms with E-state index in [1.807, 2.05) is 12.1 Å². The van der Waals surface area contributed by atoms with E-state index in [4.69, 9.17) is 11.6 Å². The molecule has 1 fully saturated rings. The summed E-state index contributed by atoms with van der Waals surface area (Å²) in [5, 5.41) is 7.31. The van der Waals surface area contributed by atoms with Gasteiger partial charge in [-0.15, -0.1) is 24.0 Å². The fourth-order valence-electron chi connectivity index (χ4n) is 2.89. The zero-order valence-corrected chi connectivity index (χ0v) is 19.6. The molecule has 1 aromatic carbocycles. The van der Waals surface area contributed by atoms with Crippen LogP contribution in [0.25, 0.3) is 0 Å². The molecular weight excluding hydrogens is 501 g/mol. The maximum Gasteiger partial charge on any atom is 0.208 e. The molecule has 0 spiro atoms. The quantitative estimate of drug-likeness (QED) is 0.216. The molecule has 0 atom stereocenters. The van der Waals surface area contributed by atoms with Gasteiger partial charge in [0.2, 0.25) is 10.0 Å². The number of hydrogen-bond acceptors (Lipinski definition) is 4. The second-order valence-corrected chi connectivity index (χ2v) is 8.76. The fourth-order valence-corrected chi connectivity index (χ4v) is 3.49. The molecule has 2 rings (SSSR count). The van der Waals surface area contributed by atoms with Gasteiger partial charge in [0.25, 0.3) is 0 Å². The summed E-state index contributed by atoms with van der Waals surface area (Å²) in [5.74, 6) is 0.705. The van der Waals surface area contributed by atoms with Gasteiger partial charge in [0, 0.05) is 50.8 Å². The Morgan fingerprint density at radius 3 is 2.41 bits per heavy atom. The Kier molecular flexibility index (Phi) is 10.9. The molecule has 0 aliphatic carbocycles. The van der Waals surface area contributed by atoms with Crippen molar-refractivity contribution in [3.63, 3.8) is 0 Å². The molecule has 0 radical (unpaired) electrons. The Morgan fingerprint density at radius 1 is 1.22 bits per heavy atom. The largest absolute Gasteiger partial charge is 0.355 e.